The molecule has 0 bridgehead atoms. The van der Waals surface area contributed by atoms with Crippen LogP contribution in [-0.4, -0.2) is 36.9 Å². The minimum atomic E-state index is -0.368. The Morgan fingerprint density at radius 3 is 2.41 bits per heavy atom. The molecule has 7 heteroatoms. The highest BCUT2D eigenvalue weighted by Gasteiger charge is 2.33. The van der Waals surface area contributed by atoms with E-state index in [9.17, 15) is 9.59 Å². The maximum absolute atomic E-state index is 11.6. The summed E-state index contributed by atoms with van der Waals surface area (Å²) in [6.45, 7) is 2.88. The van der Waals surface area contributed by atoms with Crippen molar-refractivity contribution >= 4 is 23.5 Å². The van der Waals surface area contributed by atoms with E-state index in [4.69, 9.17) is 30.5 Å². The summed E-state index contributed by atoms with van der Waals surface area (Å²) in [4.78, 5) is 22.8. The first-order valence-electron chi connectivity index (χ1n) is 11.9. The Morgan fingerprint density at radius 1 is 1.00 bits per heavy atom. The zero-order valence-electron chi connectivity index (χ0n) is 19.6. The lowest BCUT2D eigenvalue weighted by Gasteiger charge is -2.35. The Kier molecular flexibility index (Phi) is 8.11. The fourth-order valence-corrected chi connectivity index (χ4v) is 4.54. The maximum Gasteiger partial charge on any atom is 0.302 e. The van der Waals surface area contributed by atoms with E-state index in [1.54, 1.807) is 0 Å². The fourth-order valence-electron chi connectivity index (χ4n) is 4.35. The normalized spacial score (nSPS) is 22.5. The molecular weight excluding hydrogens is 456 g/mol. The van der Waals surface area contributed by atoms with Crippen molar-refractivity contribution in [3.05, 3.63) is 64.2 Å². The van der Waals surface area contributed by atoms with Crippen molar-refractivity contribution in [2.45, 2.75) is 76.8 Å². The summed E-state index contributed by atoms with van der Waals surface area (Å²) in [5.74, 6) is 0.199. The smallest absolute Gasteiger partial charge is 0.302 e. The number of benzene rings is 2. The Labute approximate surface area is 205 Å². The molecule has 0 amide bonds. The van der Waals surface area contributed by atoms with Crippen LogP contribution in [0.2, 0.25) is 5.02 Å². The van der Waals surface area contributed by atoms with Gasteiger partial charge in [0.05, 0.1) is 18.3 Å². The second-order valence-electron chi connectivity index (χ2n) is 9.09. The average molecular weight is 487 g/mol. The van der Waals surface area contributed by atoms with Gasteiger partial charge in [0, 0.05) is 31.7 Å². The number of carbonyl (C=O) groups excluding carboxylic acids is 2. The van der Waals surface area contributed by atoms with Crippen LogP contribution in [-0.2, 0) is 30.2 Å². The Bertz CT molecular complexity index is 1000. The van der Waals surface area contributed by atoms with Crippen molar-refractivity contribution in [1.29, 1.82) is 0 Å². The molecule has 1 saturated carbocycles. The van der Waals surface area contributed by atoms with Gasteiger partial charge in [-0.1, -0.05) is 35.9 Å². The van der Waals surface area contributed by atoms with Crippen molar-refractivity contribution in [3.63, 3.8) is 0 Å². The van der Waals surface area contributed by atoms with Gasteiger partial charge in [-0.25, -0.2) is 0 Å². The molecule has 4 rings (SSSR count). The van der Waals surface area contributed by atoms with Gasteiger partial charge in [-0.3, -0.25) is 9.59 Å². The van der Waals surface area contributed by atoms with E-state index in [0.29, 0.717) is 30.4 Å². The summed E-state index contributed by atoms with van der Waals surface area (Å²) < 4.78 is 22.8. The first-order valence-corrected chi connectivity index (χ1v) is 12.2. The van der Waals surface area contributed by atoms with E-state index in [1.165, 1.54) is 20.3 Å². The molecule has 0 spiro atoms. The van der Waals surface area contributed by atoms with Crippen LogP contribution < -0.4 is 4.74 Å². The molecule has 0 aromatic heterocycles. The lowest BCUT2D eigenvalue weighted by molar-refractivity contribution is -0.169. The van der Waals surface area contributed by atoms with Crippen molar-refractivity contribution in [3.8, 4) is 5.75 Å². The molecular formula is C27H31ClO6. The van der Waals surface area contributed by atoms with Gasteiger partial charge < -0.3 is 18.9 Å². The van der Waals surface area contributed by atoms with Crippen molar-refractivity contribution in [2.75, 3.05) is 6.61 Å². The van der Waals surface area contributed by atoms with Crippen LogP contribution in [0.15, 0.2) is 42.5 Å². The van der Waals surface area contributed by atoms with Crippen LogP contribution in [0.5, 0.6) is 5.75 Å². The predicted octanol–water partition coefficient (Wildman–Crippen LogP) is 5.58. The number of hydrogen-bond donors (Lipinski definition) is 0. The first kappa shape index (κ1) is 24.6. The van der Waals surface area contributed by atoms with E-state index >= 15 is 0 Å². The topological polar surface area (TPSA) is 71.1 Å². The number of carbonyl (C=O) groups is 2. The fraction of sp³-hybridized carbons (Fsp3) is 0.481. The number of esters is 2. The highest BCUT2D eigenvalue weighted by atomic mass is 35.5. The Hall–Kier alpha value is -2.57. The van der Waals surface area contributed by atoms with Gasteiger partial charge in [-0.2, -0.15) is 0 Å². The molecule has 0 N–H and O–H groups in total. The first-order chi connectivity index (χ1) is 16.4. The molecule has 1 aliphatic carbocycles. The van der Waals surface area contributed by atoms with Gasteiger partial charge >= 0.3 is 11.9 Å². The van der Waals surface area contributed by atoms with Crippen LogP contribution in [0.3, 0.4) is 0 Å². The SMILES string of the molecule is CC(=O)OCC1CC(OC(C)=O)CC(c2ccc(Cl)c(Cc3ccc(OC4CCC4)cc3)c2)O1. The van der Waals surface area contributed by atoms with E-state index in [-0.39, 0.29) is 36.9 Å². The quantitative estimate of drug-likeness (QED) is 0.454. The standard InChI is InChI=1S/C27H31ClO6/c1-17(29)31-16-25-14-24(32-18(2)30)15-27(34-25)20-8-11-26(28)21(13-20)12-19-6-9-23(10-7-19)33-22-4-3-5-22/h6-11,13,22,24-25,27H,3-5,12,14-16H2,1-2H3. The Morgan fingerprint density at radius 2 is 1.76 bits per heavy atom. The third kappa shape index (κ3) is 6.73. The van der Waals surface area contributed by atoms with Gasteiger partial charge in [-0.15, -0.1) is 0 Å². The minimum absolute atomic E-state index is 0.124. The maximum atomic E-state index is 11.6. The summed E-state index contributed by atoms with van der Waals surface area (Å²) in [6, 6.07) is 14.0. The zero-order valence-corrected chi connectivity index (χ0v) is 20.4. The Balaban J connectivity index is 1.46. The molecule has 6 nitrogen and oxygen atoms in total. The molecule has 182 valence electrons. The molecule has 2 fully saturated rings. The largest absolute Gasteiger partial charge is 0.490 e. The number of hydrogen-bond acceptors (Lipinski definition) is 6. The second-order valence-corrected chi connectivity index (χ2v) is 9.50. The molecule has 2 aliphatic rings. The van der Waals surface area contributed by atoms with E-state index in [2.05, 4.69) is 12.1 Å². The number of halogens is 1. The monoisotopic (exact) mass is 486 g/mol. The van der Waals surface area contributed by atoms with Crippen LogP contribution in [0.25, 0.3) is 0 Å². The van der Waals surface area contributed by atoms with Gasteiger partial charge in [0.1, 0.15) is 18.5 Å². The third-order valence-corrected chi connectivity index (χ3v) is 6.65. The van der Waals surface area contributed by atoms with E-state index < -0.39 is 0 Å². The van der Waals surface area contributed by atoms with E-state index in [0.717, 1.165) is 35.3 Å². The minimum Gasteiger partial charge on any atom is -0.490 e. The average Bonchev–Trinajstić information content (AvgIpc) is 2.77. The lowest BCUT2D eigenvalue weighted by Crippen LogP contribution is -2.36. The molecule has 2 aromatic carbocycles. The van der Waals surface area contributed by atoms with Crippen LogP contribution >= 0.6 is 11.6 Å². The summed E-state index contributed by atoms with van der Waals surface area (Å²) in [7, 11) is 0. The van der Waals surface area contributed by atoms with Gasteiger partial charge in [0.15, 0.2) is 0 Å². The van der Waals surface area contributed by atoms with Gasteiger partial charge in [0.25, 0.3) is 0 Å². The van der Waals surface area contributed by atoms with Crippen molar-refractivity contribution in [2.24, 2.45) is 0 Å². The van der Waals surface area contributed by atoms with Crippen LogP contribution in [0.4, 0.5) is 0 Å². The molecule has 3 unspecified atom stereocenters. The van der Waals surface area contributed by atoms with Crippen molar-refractivity contribution < 1.29 is 28.5 Å². The zero-order chi connectivity index (χ0) is 24.1. The van der Waals surface area contributed by atoms with Gasteiger partial charge in [-0.05, 0) is 60.6 Å². The molecule has 0 radical (unpaired) electrons. The number of rotatable bonds is 8. The van der Waals surface area contributed by atoms with E-state index in [1.807, 2.05) is 30.3 Å². The summed E-state index contributed by atoms with van der Waals surface area (Å²) in [5.41, 5.74) is 3.07. The molecule has 3 atom stereocenters. The predicted molar refractivity (Wildman–Crippen MR) is 128 cm³/mol. The second kappa shape index (κ2) is 11.2. The highest BCUT2D eigenvalue weighted by molar-refractivity contribution is 6.31. The van der Waals surface area contributed by atoms with Gasteiger partial charge in [0.2, 0.25) is 0 Å². The molecule has 2 aromatic rings. The molecule has 34 heavy (non-hydrogen) atoms. The summed E-state index contributed by atoms with van der Waals surface area (Å²) >= 11 is 6.53. The molecule has 1 heterocycles. The molecule has 1 aliphatic heterocycles. The number of ether oxygens (including phenoxy) is 4. The lowest BCUT2D eigenvalue weighted by atomic mass is 9.93. The van der Waals surface area contributed by atoms with Crippen LogP contribution in [0, 0.1) is 0 Å². The third-order valence-electron chi connectivity index (χ3n) is 6.28. The van der Waals surface area contributed by atoms with Crippen LogP contribution in [0.1, 0.15) is 68.7 Å². The summed E-state index contributed by atoms with van der Waals surface area (Å²) in [5, 5.41) is 0.683. The highest BCUT2D eigenvalue weighted by Crippen LogP contribution is 2.35. The van der Waals surface area contributed by atoms with Crippen molar-refractivity contribution in [1.82, 2.24) is 0 Å². The summed E-state index contributed by atoms with van der Waals surface area (Å²) in [6.07, 6.45) is 4.60. The molecule has 1 saturated heterocycles.